The molecule has 0 spiro atoms. The highest BCUT2D eigenvalue weighted by molar-refractivity contribution is 5.49. The molecule has 0 aliphatic heterocycles. The van der Waals surface area contributed by atoms with Crippen LogP contribution < -0.4 is 5.32 Å². The minimum atomic E-state index is -0.0602. The van der Waals surface area contributed by atoms with Crippen molar-refractivity contribution in [2.75, 3.05) is 12.4 Å². The molecule has 0 saturated carbocycles. The zero-order chi connectivity index (χ0) is 24.6. The van der Waals surface area contributed by atoms with E-state index in [1.165, 1.54) is 29.5 Å². The second kappa shape index (κ2) is 12.0. The van der Waals surface area contributed by atoms with Gasteiger partial charge in [-0.25, -0.2) is 4.98 Å². The van der Waals surface area contributed by atoms with E-state index >= 15 is 0 Å². The zero-order valence-electron chi connectivity index (χ0n) is 21.6. The molecule has 0 radical (unpaired) electrons. The number of aryl methyl sites for hydroxylation is 3. The first-order valence-corrected chi connectivity index (χ1v) is 13.0. The molecule has 1 aromatic heterocycles. The van der Waals surface area contributed by atoms with Crippen LogP contribution in [0.2, 0.25) is 0 Å². The molecule has 2 aromatic carbocycles. The standard InChI is InChI=1S/C31H39N3O/c1-5-7-11-24-16-20-26(21-17-24)32-30(25-18-14-23(10-6-2)15-19-25)31-33-28(22-34(31)3)27-12-8-9-13-29(27)35-4/h8-9,12-22,27,29-30,32H,5-7,10-11H2,1-4H3. The van der Waals surface area contributed by atoms with Crippen LogP contribution in [0.25, 0.3) is 0 Å². The number of allylic oxidation sites excluding steroid dienone is 2. The maximum Gasteiger partial charge on any atom is 0.136 e. The van der Waals surface area contributed by atoms with Crippen LogP contribution in [0.3, 0.4) is 0 Å². The van der Waals surface area contributed by atoms with Crippen molar-refractivity contribution in [1.29, 1.82) is 0 Å². The minimum Gasteiger partial charge on any atom is -0.376 e. The van der Waals surface area contributed by atoms with Gasteiger partial charge in [-0.15, -0.1) is 0 Å². The van der Waals surface area contributed by atoms with Crippen molar-refractivity contribution >= 4 is 5.69 Å². The average molecular weight is 470 g/mol. The quantitative estimate of drug-likeness (QED) is 0.324. The van der Waals surface area contributed by atoms with E-state index in [0.717, 1.165) is 36.5 Å². The predicted molar refractivity (Wildman–Crippen MR) is 146 cm³/mol. The second-order valence-electron chi connectivity index (χ2n) is 9.50. The summed E-state index contributed by atoms with van der Waals surface area (Å²) >= 11 is 0. The summed E-state index contributed by atoms with van der Waals surface area (Å²) in [6.45, 7) is 4.46. The Kier molecular flexibility index (Phi) is 8.59. The summed E-state index contributed by atoms with van der Waals surface area (Å²) in [5.41, 5.74) is 6.10. The smallest absolute Gasteiger partial charge is 0.136 e. The highest BCUT2D eigenvalue weighted by Crippen LogP contribution is 2.31. The summed E-state index contributed by atoms with van der Waals surface area (Å²) in [6, 6.07) is 17.8. The minimum absolute atomic E-state index is 0.00171. The normalized spacial score (nSPS) is 18.1. The van der Waals surface area contributed by atoms with Gasteiger partial charge < -0.3 is 14.6 Å². The van der Waals surface area contributed by atoms with Gasteiger partial charge in [-0.2, -0.15) is 0 Å². The van der Waals surface area contributed by atoms with Crippen molar-refractivity contribution < 1.29 is 4.74 Å². The van der Waals surface area contributed by atoms with Crippen molar-refractivity contribution in [3.8, 4) is 0 Å². The fourth-order valence-corrected chi connectivity index (χ4v) is 4.79. The van der Waals surface area contributed by atoms with Gasteiger partial charge in [-0.1, -0.05) is 87.4 Å². The predicted octanol–water partition coefficient (Wildman–Crippen LogP) is 7.14. The number of hydrogen-bond donors (Lipinski definition) is 1. The number of nitrogens with zero attached hydrogens (tertiary/aromatic N) is 2. The van der Waals surface area contributed by atoms with E-state index in [2.05, 4.69) is 104 Å². The van der Waals surface area contributed by atoms with Gasteiger partial charge in [0.15, 0.2) is 0 Å². The van der Waals surface area contributed by atoms with Gasteiger partial charge in [0.2, 0.25) is 0 Å². The third-order valence-corrected chi connectivity index (χ3v) is 6.82. The zero-order valence-corrected chi connectivity index (χ0v) is 21.6. The van der Waals surface area contributed by atoms with Crippen LogP contribution in [0.4, 0.5) is 5.69 Å². The topological polar surface area (TPSA) is 39.1 Å². The van der Waals surface area contributed by atoms with Gasteiger partial charge in [-0.3, -0.25) is 0 Å². The lowest BCUT2D eigenvalue weighted by molar-refractivity contribution is 0.127. The number of imidazole rings is 1. The average Bonchev–Trinajstić information content (AvgIpc) is 3.28. The summed E-state index contributed by atoms with van der Waals surface area (Å²) in [7, 11) is 3.85. The highest BCUT2D eigenvalue weighted by atomic mass is 16.5. The van der Waals surface area contributed by atoms with Gasteiger partial charge >= 0.3 is 0 Å². The molecule has 0 bridgehead atoms. The Morgan fingerprint density at radius 3 is 2.29 bits per heavy atom. The molecule has 0 saturated heterocycles. The van der Waals surface area contributed by atoms with Crippen molar-refractivity contribution in [3.05, 3.63) is 107 Å². The van der Waals surface area contributed by atoms with Gasteiger partial charge in [0.25, 0.3) is 0 Å². The van der Waals surface area contributed by atoms with E-state index in [4.69, 9.17) is 9.72 Å². The van der Waals surface area contributed by atoms with E-state index in [-0.39, 0.29) is 18.1 Å². The SMILES string of the molecule is CCCCc1ccc(NC(c2ccc(CCC)cc2)c2nc(C3C=CC=CC3OC)cn2C)cc1. The fraction of sp³-hybridized carbons (Fsp3) is 0.387. The van der Waals surface area contributed by atoms with Crippen LogP contribution in [0.15, 0.2) is 79.0 Å². The van der Waals surface area contributed by atoms with E-state index in [1.54, 1.807) is 7.11 Å². The third-order valence-electron chi connectivity index (χ3n) is 6.82. The Hall–Kier alpha value is -3.11. The molecule has 4 rings (SSSR count). The lowest BCUT2D eigenvalue weighted by Gasteiger charge is -2.22. The first kappa shape index (κ1) is 25.0. The van der Waals surface area contributed by atoms with Crippen molar-refractivity contribution in [2.45, 2.75) is 64.0 Å². The molecule has 1 aliphatic carbocycles. The third kappa shape index (κ3) is 6.12. The molecule has 1 N–H and O–H groups in total. The van der Waals surface area contributed by atoms with Crippen molar-refractivity contribution in [3.63, 3.8) is 0 Å². The van der Waals surface area contributed by atoms with Gasteiger partial charge in [0.05, 0.1) is 17.7 Å². The number of benzene rings is 2. The highest BCUT2D eigenvalue weighted by Gasteiger charge is 2.26. The van der Waals surface area contributed by atoms with E-state index < -0.39 is 0 Å². The maximum absolute atomic E-state index is 5.72. The number of ether oxygens (including phenoxy) is 1. The number of methoxy groups -OCH3 is 1. The van der Waals surface area contributed by atoms with Gasteiger partial charge in [0, 0.05) is 26.0 Å². The van der Waals surface area contributed by atoms with Crippen molar-refractivity contribution in [1.82, 2.24) is 9.55 Å². The summed E-state index contributed by atoms with van der Waals surface area (Å²) in [4.78, 5) is 5.16. The number of rotatable bonds is 11. The van der Waals surface area contributed by atoms with Crippen LogP contribution in [0.1, 0.15) is 73.3 Å². The first-order valence-electron chi connectivity index (χ1n) is 13.0. The molecule has 3 unspecified atom stereocenters. The number of unbranched alkanes of at least 4 members (excludes halogenated alkanes) is 1. The second-order valence-corrected chi connectivity index (χ2v) is 9.50. The Morgan fingerprint density at radius 2 is 1.60 bits per heavy atom. The summed E-state index contributed by atoms with van der Waals surface area (Å²) in [6.07, 6.45) is 16.4. The molecular weight excluding hydrogens is 430 g/mol. The Morgan fingerprint density at radius 1 is 0.914 bits per heavy atom. The van der Waals surface area contributed by atoms with Crippen LogP contribution in [-0.2, 0) is 24.6 Å². The number of hydrogen-bond acceptors (Lipinski definition) is 3. The number of anilines is 1. The molecule has 4 heteroatoms. The molecule has 184 valence electrons. The molecule has 0 amide bonds. The van der Waals surface area contributed by atoms with E-state index in [9.17, 15) is 0 Å². The molecule has 3 atom stereocenters. The molecule has 35 heavy (non-hydrogen) atoms. The summed E-state index contributed by atoms with van der Waals surface area (Å²) in [5.74, 6) is 1.10. The van der Waals surface area contributed by atoms with Crippen molar-refractivity contribution in [2.24, 2.45) is 7.05 Å². The first-order chi connectivity index (χ1) is 17.1. The molecular formula is C31H39N3O. The monoisotopic (exact) mass is 469 g/mol. The van der Waals surface area contributed by atoms with Crippen LogP contribution in [0.5, 0.6) is 0 Å². The van der Waals surface area contributed by atoms with Crippen LogP contribution in [-0.4, -0.2) is 22.8 Å². The fourth-order valence-electron chi connectivity index (χ4n) is 4.79. The van der Waals surface area contributed by atoms with Gasteiger partial charge in [-0.05, 0) is 48.1 Å². The van der Waals surface area contributed by atoms with Gasteiger partial charge in [0.1, 0.15) is 11.9 Å². The van der Waals surface area contributed by atoms with E-state index in [1.807, 2.05) is 6.08 Å². The molecule has 1 aliphatic rings. The lowest BCUT2D eigenvalue weighted by Crippen LogP contribution is -2.19. The lowest BCUT2D eigenvalue weighted by atomic mass is 9.95. The molecule has 4 nitrogen and oxygen atoms in total. The Balaban J connectivity index is 1.66. The number of nitrogens with one attached hydrogen (secondary N) is 1. The Bertz CT molecular complexity index is 1130. The van der Waals surface area contributed by atoms with Crippen LogP contribution >= 0.6 is 0 Å². The molecule has 3 aromatic rings. The number of aromatic nitrogens is 2. The molecule has 0 fully saturated rings. The summed E-state index contributed by atoms with van der Waals surface area (Å²) in [5, 5.41) is 3.78. The van der Waals surface area contributed by atoms with Crippen LogP contribution in [0, 0.1) is 0 Å². The summed E-state index contributed by atoms with van der Waals surface area (Å²) < 4.78 is 7.87. The van der Waals surface area contributed by atoms with E-state index in [0.29, 0.717) is 0 Å². The molecule has 1 heterocycles. The maximum atomic E-state index is 5.72. The Labute approximate surface area is 210 Å². The largest absolute Gasteiger partial charge is 0.376 e.